The first kappa shape index (κ1) is 12.4. The molecule has 1 aromatic rings. The largest absolute Gasteiger partial charge is 0.347 e. The highest BCUT2D eigenvalue weighted by molar-refractivity contribution is 5.93. The summed E-state index contributed by atoms with van der Waals surface area (Å²) in [6.07, 6.45) is 1.53. The highest BCUT2D eigenvalue weighted by atomic mass is 16.1. The maximum atomic E-state index is 11.7. The van der Waals surface area contributed by atoms with E-state index in [9.17, 15) is 4.79 Å². The van der Waals surface area contributed by atoms with Crippen molar-refractivity contribution >= 4 is 11.5 Å². The summed E-state index contributed by atoms with van der Waals surface area (Å²) in [5.74, 6) is -0.139. The van der Waals surface area contributed by atoms with E-state index < -0.39 is 0 Å². The monoisotopic (exact) mass is 240 g/mol. The van der Waals surface area contributed by atoms with Crippen molar-refractivity contribution in [2.45, 2.75) is 25.7 Å². The Balaban J connectivity index is 2.48. The standard InChI is InChI=1S/C15H16N2O/c1-15(2)12-6-4-5-7-13(12)17(3)14(15)10-11(18)8-9-16/h4-7,10H,8H2,1-3H3/b14-10-. The molecule has 3 heteroatoms. The lowest BCUT2D eigenvalue weighted by Crippen LogP contribution is -2.24. The molecular weight excluding hydrogens is 224 g/mol. The summed E-state index contributed by atoms with van der Waals surface area (Å²) in [5.41, 5.74) is 3.09. The Hall–Kier alpha value is -2.08. The van der Waals surface area contributed by atoms with Gasteiger partial charge in [0.25, 0.3) is 0 Å². The second kappa shape index (κ2) is 4.30. The second-order valence-corrected chi connectivity index (χ2v) is 5.03. The molecule has 3 nitrogen and oxygen atoms in total. The molecule has 0 aromatic heterocycles. The van der Waals surface area contributed by atoms with Crippen LogP contribution in [0, 0.1) is 11.3 Å². The average Bonchev–Trinajstić information content (AvgIpc) is 2.52. The molecule has 0 amide bonds. The first-order chi connectivity index (χ1) is 8.48. The molecule has 92 valence electrons. The number of nitriles is 1. The molecule has 0 fully saturated rings. The predicted octanol–water partition coefficient (Wildman–Crippen LogP) is 2.78. The van der Waals surface area contributed by atoms with Gasteiger partial charge >= 0.3 is 0 Å². The van der Waals surface area contributed by atoms with E-state index in [-0.39, 0.29) is 17.6 Å². The van der Waals surface area contributed by atoms with Crippen LogP contribution in [-0.2, 0) is 10.2 Å². The van der Waals surface area contributed by atoms with Crippen molar-refractivity contribution < 1.29 is 4.79 Å². The number of rotatable bonds is 2. The smallest absolute Gasteiger partial charge is 0.171 e. The van der Waals surface area contributed by atoms with E-state index in [1.165, 1.54) is 5.56 Å². The van der Waals surface area contributed by atoms with Gasteiger partial charge in [0, 0.05) is 29.9 Å². The number of carbonyl (C=O) groups excluding carboxylic acids is 1. The molecule has 0 saturated carbocycles. The van der Waals surface area contributed by atoms with Gasteiger partial charge < -0.3 is 4.90 Å². The van der Waals surface area contributed by atoms with E-state index in [2.05, 4.69) is 19.9 Å². The van der Waals surface area contributed by atoms with Crippen molar-refractivity contribution in [3.63, 3.8) is 0 Å². The van der Waals surface area contributed by atoms with Crippen LogP contribution in [0.5, 0.6) is 0 Å². The number of carbonyl (C=O) groups is 1. The van der Waals surface area contributed by atoms with Crippen LogP contribution in [0.2, 0.25) is 0 Å². The maximum Gasteiger partial charge on any atom is 0.171 e. The number of anilines is 1. The number of allylic oxidation sites excluding steroid dienone is 2. The van der Waals surface area contributed by atoms with E-state index in [1.807, 2.05) is 36.2 Å². The van der Waals surface area contributed by atoms with Crippen LogP contribution in [0.15, 0.2) is 36.0 Å². The lowest BCUT2D eigenvalue weighted by molar-refractivity contribution is -0.113. The number of para-hydroxylation sites is 1. The van der Waals surface area contributed by atoms with Crippen LogP contribution >= 0.6 is 0 Å². The maximum absolute atomic E-state index is 11.7. The fraction of sp³-hybridized carbons (Fsp3) is 0.333. The fourth-order valence-corrected chi connectivity index (χ4v) is 2.54. The number of fused-ring (bicyclic) bond motifs is 1. The van der Waals surface area contributed by atoms with E-state index in [0.29, 0.717) is 0 Å². The summed E-state index contributed by atoms with van der Waals surface area (Å²) in [5, 5.41) is 8.57. The number of hydrogen-bond acceptors (Lipinski definition) is 3. The lowest BCUT2D eigenvalue weighted by atomic mass is 9.83. The molecule has 0 atom stereocenters. The van der Waals surface area contributed by atoms with Gasteiger partial charge in [0.05, 0.1) is 12.5 Å². The Morgan fingerprint density at radius 1 is 1.44 bits per heavy atom. The first-order valence-corrected chi connectivity index (χ1v) is 5.93. The quantitative estimate of drug-likeness (QED) is 0.747. The molecule has 18 heavy (non-hydrogen) atoms. The number of benzene rings is 1. The van der Waals surface area contributed by atoms with E-state index in [0.717, 1.165) is 11.4 Å². The zero-order valence-corrected chi connectivity index (χ0v) is 10.9. The van der Waals surface area contributed by atoms with Crippen LogP contribution in [0.3, 0.4) is 0 Å². The van der Waals surface area contributed by atoms with Gasteiger partial charge in [0.1, 0.15) is 0 Å². The van der Waals surface area contributed by atoms with Gasteiger partial charge in [0.2, 0.25) is 0 Å². The van der Waals surface area contributed by atoms with Gasteiger partial charge in [-0.2, -0.15) is 5.26 Å². The van der Waals surface area contributed by atoms with Crippen molar-refractivity contribution in [3.05, 3.63) is 41.6 Å². The van der Waals surface area contributed by atoms with Gasteiger partial charge in [-0.05, 0) is 11.6 Å². The minimum atomic E-state index is -0.198. The normalized spacial score (nSPS) is 18.6. The van der Waals surface area contributed by atoms with Crippen molar-refractivity contribution in [1.82, 2.24) is 0 Å². The Kier molecular flexibility index (Phi) is 2.96. The van der Waals surface area contributed by atoms with Gasteiger partial charge in [-0.3, -0.25) is 4.79 Å². The lowest BCUT2D eigenvalue weighted by Gasteiger charge is -2.23. The van der Waals surface area contributed by atoms with Gasteiger partial charge in [-0.15, -0.1) is 0 Å². The highest BCUT2D eigenvalue weighted by Crippen LogP contribution is 2.46. The Labute approximate surface area is 107 Å². The number of nitrogens with zero attached hydrogens (tertiary/aromatic N) is 2. The summed E-state index contributed by atoms with van der Waals surface area (Å²) in [7, 11) is 1.96. The third-order valence-corrected chi connectivity index (χ3v) is 3.49. The van der Waals surface area contributed by atoms with Crippen LogP contribution < -0.4 is 4.90 Å². The molecule has 1 aliphatic rings. The SMILES string of the molecule is CN1/C(=C\C(=O)CC#N)C(C)(C)c2ccccc21. The number of hydrogen-bond donors (Lipinski definition) is 0. The van der Waals surface area contributed by atoms with Gasteiger partial charge in [0.15, 0.2) is 5.78 Å². The molecule has 0 unspecified atom stereocenters. The van der Waals surface area contributed by atoms with Crippen LogP contribution in [0.4, 0.5) is 5.69 Å². The van der Waals surface area contributed by atoms with Crippen molar-refractivity contribution in [2.75, 3.05) is 11.9 Å². The molecule has 0 N–H and O–H groups in total. The molecular formula is C15H16N2O. The Bertz CT molecular complexity index is 564. The van der Waals surface area contributed by atoms with Crippen LogP contribution in [-0.4, -0.2) is 12.8 Å². The van der Waals surface area contributed by atoms with Crippen molar-refractivity contribution in [2.24, 2.45) is 0 Å². The zero-order valence-electron chi connectivity index (χ0n) is 10.9. The fourth-order valence-electron chi connectivity index (χ4n) is 2.54. The molecule has 0 radical (unpaired) electrons. The predicted molar refractivity (Wildman–Crippen MR) is 71.2 cm³/mol. The molecule has 1 aromatic carbocycles. The highest BCUT2D eigenvalue weighted by Gasteiger charge is 2.38. The minimum absolute atomic E-state index is 0.0657. The van der Waals surface area contributed by atoms with E-state index in [1.54, 1.807) is 6.08 Å². The van der Waals surface area contributed by atoms with Crippen molar-refractivity contribution in [3.8, 4) is 6.07 Å². The van der Waals surface area contributed by atoms with E-state index >= 15 is 0 Å². The molecule has 2 rings (SSSR count). The minimum Gasteiger partial charge on any atom is -0.347 e. The first-order valence-electron chi connectivity index (χ1n) is 5.93. The summed E-state index contributed by atoms with van der Waals surface area (Å²) in [6, 6.07) is 10.0. The topological polar surface area (TPSA) is 44.1 Å². The Morgan fingerprint density at radius 2 is 2.11 bits per heavy atom. The van der Waals surface area contributed by atoms with Gasteiger partial charge in [-0.1, -0.05) is 32.0 Å². The summed E-state index contributed by atoms with van der Waals surface area (Å²) in [4.78, 5) is 13.7. The summed E-state index contributed by atoms with van der Waals surface area (Å²) >= 11 is 0. The zero-order chi connectivity index (χ0) is 13.3. The molecule has 0 aliphatic carbocycles. The third-order valence-electron chi connectivity index (χ3n) is 3.49. The molecule has 0 spiro atoms. The Morgan fingerprint density at radius 3 is 2.72 bits per heavy atom. The molecule has 0 bridgehead atoms. The van der Waals surface area contributed by atoms with E-state index in [4.69, 9.17) is 5.26 Å². The van der Waals surface area contributed by atoms with Crippen LogP contribution in [0.1, 0.15) is 25.8 Å². The number of likely N-dealkylation sites (N-methyl/N-ethyl adjacent to an activating group) is 1. The second-order valence-electron chi connectivity index (χ2n) is 5.03. The molecule has 1 aliphatic heterocycles. The van der Waals surface area contributed by atoms with Crippen molar-refractivity contribution in [1.29, 1.82) is 5.26 Å². The molecule has 1 heterocycles. The summed E-state index contributed by atoms with van der Waals surface area (Å²) < 4.78 is 0. The van der Waals surface area contributed by atoms with Gasteiger partial charge in [-0.25, -0.2) is 0 Å². The molecule has 0 saturated heterocycles. The average molecular weight is 240 g/mol. The van der Waals surface area contributed by atoms with Crippen LogP contribution in [0.25, 0.3) is 0 Å². The third kappa shape index (κ3) is 1.80. The number of ketones is 1. The summed E-state index contributed by atoms with van der Waals surface area (Å²) in [6.45, 7) is 4.20.